The second-order valence-corrected chi connectivity index (χ2v) is 6.58. The molecule has 4 heteroatoms. The van der Waals surface area contributed by atoms with E-state index >= 15 is 0 Å². The Morgan fingerprint density at radius 3 is 3.06 bits per heavy atom. The molecule has 1 heterocycles. The second kappa shape index (κ2) is 6.66. The van der Waals surface area contributed by atoms with E-state index in [9.17, 15) is 0 Å². The summed E-state index contributed by atoms with van der Waals surface area (Å²) in [6.07, 6.45) is 3.99. The maximum atomic E-state index is 5.98. The first-order valence-corrected chi connectivity index (χ1v) is 7.92. The summed E-state index contributed by atoms with van der Waals surface area (Å²) in [4.78, 5) is 1.21. The smallest absolute Gasteiger partial charge is 0.0463 e. The minimum atomic E-state index is 0.855. The van der Waals surface area contributed by atoms with Crippen LogP contribution in [0.1, 0.15) is 19.3 Å². The maximum absolute atomic E-state index is 5.98. The summed E-state index contributed by atoms with van der Waals surface area (Å²) in [7, 11) is 0. The van der Waals surface area contributed by atoms with Gasteiger partial charge in [0.25, 0.3) is 0 Å². The van der Waals surface area contributed by atoms with Crippen molar-refractivity contribution in [1.29, 1.82) is 0 Å². The van der Waals surface area contributed by atoms with E-state index < -0.39 is 0 Å². The minimum Gasteiger partial charge on any atom is -0.398 e. The van der Waals surface area contributed by atoms with Gasteiger partial charge in [0.05, 0.1) is 0 Å². The molecule has 0 bridgehead atoms. The number of nitrogens with one attached hydrogen (secondary N) is 1. The number of piperidine rings is 1. The number of hydrogen-bond acceptors (Lipinski definition) is 3. The highest BCUT2D eigenvalue weighted by Crippen LogP contribution is 2.29. The zero-order valence-electron chi connectivity index (χ0n) is 9.92. The lowest BCUT2D eigenvalue weighted by Gasteiger charge is -2.22. The Morgan fingerprint density at radius 1 is 1.47 bits per heavy atom. The minimum absolute atomic E-state index is 0.855. The van der Waals surface area contributed by atoms with Crippen molar-refractivity contribution in [2.45, 2.75) is 24.2 Å². The van der Waals surface area contributed by atoms with Gasteiger partial charge in [0, 0.05) is 15.1 Å². The molecule has 0 radical (unpaired) electrons. The van der Waals surface area contributed by atoms with E-state index in [1.165, 1.54) is 37.2 Å². The van der Waals surface area contributed by atoms with E-state index in [0.717, 1.165) is 21.8 Å². The molecule has 1 aliphatic rings. The Balaban J connectivity index is 1.77. The van der Waals surface area contributed by atoms with Crippen LogP contribution in [0.2, 0.25) is 0 Å². The molecule has 1 aromatic rings. The largest absolute Gasteiger partial charge is 0.398 e. The Kier molecular flexibility index (Phi) is 5.19. The first-order valence-electron chi connectivity index (χ1n) is 6.14. The number of thioether (sulfide) groups is 1. The van der Waals surface area contributed by atoms with E-state index in [4.69, 9.17) is 5.73 Å². The normalized spacial score (nSPS) is 20.4. The molecule has 2 rings (SSSR count). The van der Waals surface area contributed by atoms with Crippen molar-refractivity contribution in [3.63, 3.8) is 0 Å². The summed E-state index contributed by atoms with van der Waals surface area (Å²) in [6.45, 7) is 2.39. The Bertz CT molecular complexity index is 364. The predicted octanol–water partition coefficient (Wildman–Crippen LogP) is 3.51. The van der Waals surface area contributed by atoms with Gasteiger partial charge in [-0.25, -0.2) is 0 Å². The van der Waals surface area contributed by atoms with Crippen molar-refractivity contribution in [2.75, 3.05) is 24.6 Å². The average Bonchev–Trinajstić information content (AvgIpc) is 2.33. The summed E-state index contributed by atoms with van der Waals surface area (Å²) in [6, 6.07) is 6.13. The van der Waals surface area contributed by atoms with Gasteiger partial charge in [-0.05, 0) is 62.2 Å². The standard InChI is InChI=1S/C13H19BrN2S/c14-11-3-4-13(12(15)8-11)17-7-5-10-2-1-6-16-9-10/h3-4,8,10,16H,1-2,5-7,9,15H2. The lowest BCUT2D eigenvalue weighted by atomic mass is 9.97. The summed E-state index contributed by atoms with van der Waals surface area (Å²) in [5.41, 5.74) is 6.86. The van der Waals surface area contributed by atoms with Crippen LogP contribution in [0.15, 0.2) is 27.6 Å². The quantitative estimate of drug-likeness (QED) is 0.659. The van der Waals surface area contributed by atoms with E-state index in [1.54, 1.807) is 0 Å². The van der Waals surface area contributed by atoms with Gasteiger partial charge in [-0.15, -0.1) is 11.8 Å². The van der Waals surface area contributed by atoms with E-state index in [1.807, 2.05) is 17.8 Å². The molecule has 2 nitrogen and oxygen atoms in total. The van der Waals surface area contributed by atoms with Crippen LogP contribution in [0.5, 0.6) is 0 Å². The number of rotatable bonds is 4. The summed E-state index contributed by atoms with van der Waals surface area (Å²) < 4.78 is 1.05. The van der Waals surface area contributed by atoms with Gasteiger partial charge in [0.15, 0.2) is 0 Å². The maximum Gasteiger partial charge on any atom is 0.0463 e. The number of anilines is 1. The molecule has 1 saturated heterocycles. The Morgan fingerprint density at radius 2 is 2.35 bits per heavy atom. The molecule has 1 atom stereocenters. The Hall–Kier alpha value is -0.190. The molecule has 17 heavy (non-hydrogen) atoms. The van der Waals surface area contributed by atoms with Crippen molar-refractivity contribution in [3.05, 3.63) is 22.7 Å². The zero-order valence-corrected chi connectivity index (χ0v) is 12.3. The molecule has 1 aromatic carbocycles. The molecular formula is C13H19BrN2S. The first kappa shape index (κ1) is 13.2. The van der Waals surface area contributed by atoms with Crippen LogP contribution >= 0.6 is 27.7 Å². The van der Waals surface area contributed by atoms with Crippen LogP contribution in [0.3, 0.4) is 0 Å². The second-order valence-electron chi connectivity index (χ2n) is 4.53. The third kappa shape index (κ3) is 4.19. The van der Waals surface area contributed by atoms with E-state index in [-0.39, 0.29) is 0 Å². The van der Waals surface area contributed by atoms with E-state index in [2.05, 4.69) is 33.4 Å². The molecule has 0 spiro atoms. The molecule has 0 saturated carbocycles. The highest BCUT2D eigenvalue weighted by atomic mass is 79.9. The summed E-state index contributed by atoms with van der Waals surface area (Å²) >= 11 is 5.31. The van der Waals surface area contributed by atoms with Crippen LogP contribution in [0, 0.1) is 5.92 Å². The van der Waals surface area contributed by atoms with Crippen molar-refractivity contribution in [1.82, 2.24) is 5.32 Å². The van der Waals surface area contributed by atoms with Crippen molar-refractivity contribution in [3.8, 4) is 0 Å². The van der Waals surface area contributed by atoms with Gasteiger partial charge in [0.1, 0.15) is 0 Å². The Labute approximate surface area is 116 Å². The van der Waals surface area contributed by atoms with E-state index in [0.29, 0.717) is 0 Å². The van der Waals surface area contributed by atoms with Gasteiger partial charge in [-0.1, -0.05) is 15.9 Å². The number of halogens is 1. The number of hydrogen-bond donors (Lipinski definition) is 2. The van der Waals surface area contributed by atoms with Crippen LogP contribution in [-0.4, -0.2) is 18.8 Å². The topological polar surface area (TPSA) is 38.0 Å². The molecule has 0 amide bonds. The zero-order chi connectivity index (χ0) is 12.1. The molecule has 1 fully saturated rings. The van der Waals surface area contributed by atoms with Crippen LogP contribution in [-0.2, 0) is 0 Å². The van der Waals surface area contributed by atoms with Crippen molar-refractivity contribution < 1.29 is 0 Å². The number of benzene rings is 1. The lowest BCUT2D eigenvalue weighted by molar-refractivity contribution is 0.371. The lowest BCUT2D eigenvalue weighted by Crippen LogP contribution is -2.29. The van der Waals surface area contributed by atoms with Gasteiger partial charge in [-0.2, -0.15) is 0 Å². The molecule has 1 aliphatic heterocycles. The fourth-order valence-corrected chi connectivity index (χ4v) is 3.60. The molecule has 0 aromatic heterocycles. The molecule has 0 aliphatic carbocycles. The number of nitrogens with two attached hydrogens (primary N) is 1. The molecule has 3 N–H and O–H groups in total. The fourth-order valence-electron chi connectivity index (χ4n) is 2.16. The van der Waals surface area contributed by atoms with Gasteiger partial charge in [-0.3, -0.25) is 0 Å². The monoisotopic (exact) mass is 314 g/mol. The highest BCUT2D eigenvalue weighted by molar-refractivity contribution is 9.10. The average molecular weight is 315 g/mol. The van der Waals surface area contributed by atoms with Crippen LogP contribution < -0.4 is 11.1 Å². The van der Waals surface area contributed by atoms with Gasteiger partial charge >= 0.3 is 0 Å². The summed E-state index contributed by atoms with van der Waals surface area (Å²) in [5.74, 6) is 2.02. The summed E-state index contributed by atoms with van der Waals surface area (Å²) in [5, 5.41) is 3.46. The highest BCUT2D eigenvalue weighted by Gasteiger charge is 2.12. The fraction of sp³-hybridized carbons (Fsp3) is 0.538. The SMILES string of the molecule is Nc1cc(Br)ccc1SCCC1CCCNC1. The molecule has 1 unspecified atom stereocenters. The van der Waals surface area contributed by atoms with Crippen LogP contribution in [0.4, 0.5) is 5.69 Å². The third-order valence-corrected chi connectivity index (χ3v) is 4.77. The van der Waals surface area contributed by atoms with Gasteiger partial charge in [0.2, 0.25) is 0 Å². The molecular weight excluding hydrogens is 296 g/mol. The van der Waals surface area contributed by atoms with Crippen LogP contribution in [0.25, 0.3) is 0 Å². The van der Waals surface area contributed by atoms with Crippen molar-refractivity contribution >= 4 is 33.4 Å². The van der Waals surface area contributed by atoms with Gasteiger partial charge < -0.3 is 11.1 Å². The first-order chi connectivity index (χ1) is 8.25. The van der Waals surface area contributed by atoms with Crippen molar-refractivity contribution in [2.24, 2.45) is 5.92 Å². The third-order valence-electron chi connectivity index (χ3n) is 3.15. The number of nitrogen functional groups attached to an aromatic ring is 1. The predicted molar refractivity (Wildman–Crippen MR) is 79.5 cm³/mol. The molecule has 94 valence electrons.